The second kappa shape index (κ2) is 6.01. The molecule has 1 aliphatic heterocycles. The molecule has 4 heteroatoms. The number of carbonyl (C=O) groups excluding carboxylic acids is 1. The quantitative estimate of drug-likeness (QED) is 0.568. The lowest BCUT2D eigenvalue weighted by atomic mass is 9.98. The predicted molar refractivity (Wildman–Crippen MR) is 63.6 cm³/mol. The van der Waals surface area contributed by atoms with Crippen molar-refractivity contribution in [3.8, 4) is 0 Å². The molecule has 0 aromatic carbocycles. The zero-order valence-corrected chi connectivity index (χ0v) is 9.96. The standard InChI is InChI=1S/C12H22N2O2/c1-2-3-4-5-6-7-10-8-11(15)14-12(10,16)9-13/h8,16H,2-7,9,13H2,1H3,(H,14,15). The van der Waals surface area contributed by atoms with E-state index in [2.05, 4.69) is 12.2 Å². The normalized spacial score (nSPS) is 24.4. The first kappa shape index (κ1) is 13.2. The average molecular weight is 226 g/mol. The van der Waals surface area contributed by atoms with E-state index >= 15 is 0 Å². The lowest BCUT2D eigenvalue weighted by Gasteiger charge is -2.24. The molecule has 1 amide bonds. The lowest BCUT2D eigenvalue weighted by molar-refractivity contribution is -0.119. The van der Waals surface area contributed by atoms with Crippen LogP contribution in [0.2, 0.25) is 0 Å². The second-order valence-electron chi connectivity index (χ2n) is 4.39. The van der Waals surface area contributed by atoms with Crippen LogP contribution in [0.1, 0.15) is 45.4 Å². The van der Waals surface area contributed by atoms with Gasteiger partial charge in [-0.1, -0.05) is 32.6 Å². The van der Waals surface area contributed by atoms with Crippen LogP contribution in [-0.2, 0) is 4.79 Å². The number of unbranched alkanes of at least 4 members (excludes halogenated alkanes) is 4. The van der Waals surface area contributed by atoms with E-state index in [-0.39, 0.29) is 12.5 Å². The molecule has 1 heterocycles. The van der Waals surface area contributed by atoms with Gasteiger partial charge in [0.05, 0.1) is 0 Å². The highest BCUT2D eigenvalue weighted by Crippen LogP contribution is 2.24. The van der Waals surface area contributed by atoms with E-state index in [4.69, 9.17) is 5.73 Å². The highest BCUT2D eigenvalue weighted by atomic mass is 16.3. The van der Waals surface area contributed by atoms with Crippen molar-refractivity contribution in [1.29, 1.82) is 0 Å². The Morgan fingerprint density at radius 1 is 1.38 bits per heavy atom. The summed E-state index contributed by atoms with van der Waals surface area (Å²) in [5.41, 5.74) is 4.91. The third-order valence-electron chi connectivity index (χ3n) is 3.01. The molecule has 4 nitrogen and oxygen atoms in total. The molecule has 0 bridgehead atoms. The van der Waals surface area contributed by atoms with Crippen LogP contribution in [0.5, 0.6) is 0 Å². The van der Waals surface area contributed by atoms with Crippen LogP contribution in [0, 0.1) is 0 Å². The smallest absolute Gasteiger partial charge is 0.246 e. The minimum atomic E-state index is -1.29. The fourth-order valence-electron chi connectivity index (χ4n) is 1.98. The van der Waals surface area contributed by atoms with Gasteiger partial charge in [-0.3, -0.25) is 4.79 Å². The number of nitrogens with two attached hydrogens (primary N) is 1. The SMILES string of the molecule is CCCCCCCC1=CC(=O)NC1(O)CN. The van der Waals surface area contributed by atoms with E-state index in [1.807, 2.05) is 0 Å². The maximum absolute atomic E-state index is 11.2. The van der Waals surface area contributed by atoms with E-state index in [0.29, 0.717) is 0 Å². The summed E-state index contributed by atoms with van der Waals surface area (Å²) in [6, 6.07) is 0. The molecule has 16 heavy (non-hydrogen) atoms. The molecule has 1 rings (SSSR count). The minimum absolute atomic E-state index is 0.0412. The summed E-state index contributed by atoms with van der Waals surface area (Å²) in [4.78, 5) is 11.2. The summed E-state index contributed by atoms with van der Waals surface area (Å²) in [7, 11) is 0. The van der Waals surface area contributed by atoms with Crippen LogP contribution in [0.15, 0.2) is 11.6 Å². The highest BCUT2D eigenvalue weighted by Gasteiger charge is 2.36. The fraction of sp³-hybridized carbons (Fsp3) is 0.750. The summed E-state index contributed by atoms with van der Waals surface area (Å²) in [5.74, 6) is -0.239. The zero-order chi connectivity index (χ0) is 12.0. The van der Waals surface area contributed by atoms with Crippen molar-refractivity contribution in [2.24, 2.45) is 5.73 Å². The van der Waals surface area contributed by atoms with Gasteiger partial charge >= 0.3 is 0 Å². The Balaban J connectivity index is 2.35. The van der Waals surface area contributed by atoms with Crippen LogP contribution in [-0.4, -0.2) is 23.3 Å². The molecule has 0 fully saturated rings. The third kappa shape index (κ3) is 3.32. The highest BCUT2D eigenvalue weighted by molar-refractivity contribution is 5.92. The molecule has 0 aromatic heterocycles. The second-order valence-corrected chi connectivity index (χ2v) is 4.39. The minimum Gasteiger partial charge on any atom is -0.366 e. The van der Waals surface area contributed by atoms with E-state index in [0.717, 1.165) is 24.8 Å². The summed E-state index contributed by atoms with van der Waals surface area (Å²) < 4.78 is 0. The Hall–Kier alpha value is -0.870. The van der Waals surface area contributed by atoms with Crippen LogP contribution >= 0.6 is 0 Å². The van der Waals surface area contributed by atoms with Crippen LogP contribution in [0.3, 0.4) is 0 Å². The molecule has 1 unspecified atom stereocenters. The first-order chi connectivity index (χ1) is 7.62. The molecular weight excluding hydrogens is 204 g/mol. The van der Waals surface area contributed by atoms with Gasteiger partial charge in [-0.05, 0) is 18.4 Å². The van der Waals surface area contributed by atoms with E-state index in [1.54, 1.807) is 0 Å². The zero-order valence-electron chi connectivity index (χ0n) is 9.96. The Kier molecular flexibility index (Phi) is 4.96. The van der Waals surface area contributed by atoms with Crippen LogP contribution in [0.4, 0.5) is 0 Å². The van der Waals surface area contributed by atoms with Gasteiger partial charge in [-0.15, -0.1) is 0 Å². The van der Waals surface area contributed by atoms with Gasteiger partial charge in [0, 0.05) is 12.6 Å². The molecule has 92 valence electrons. The van der Waals surface area contributed by atoms with Gasteiger partial charge in [0.1, 0.15) is 0 Å². The number of carbonyl (C=O) groups is 1. The number of aliphatic hydroxyl groups is 1. The molecule has 0 saturated carbocycles. The van der Waals surface area contributed by atoms with Crippen molar-refractivity contribution in [3.63, 3.8) is 0 Å². The van der Waals surface area contributed by atoms with Crippen molar-refractivity contribution in [2.45, 2.75) is 51.2 Å². The molecule has 0 aliphatic carbocycles. The summed E-state index contributed by atoms with van der Waals surface area (Å²) in [6.07, 6.45) is 8.05. The van der Waals surface area contributed by atoms with Gasteiger partial charge in [0.15, 0.2) is 5.72 Å². The largest absolute Gasteiger partial charge is 0.366 e. The molecule has 1 aliphatic rings. The molecule has 1 atom stereocenters. The molecule has 0 radical (unpaired) electrons. The Morgan fingerprint density at radius 2 is 2.06 bits per heavy atom. The van der Waals surface area contributed by atoms with Crippen LogP contribution < -0.4 is 11.1 Å². The van der Waals surface area contributed by atoms with E-state index < -0.39 is 5.72 Å². The predicted octanol–water partition coefficient (Wildman–Crippen LogP) is 1.05. The number of amides is 1. The van der Waals surface area contributed by atoms with Gasteiger partial charge < -0.3 is 16.2 Å². The topological polar surface area (TPSA) is 75.3 Å². The van der Waals surface area contributed by atoms with Gasteiger partial charge in [0.25, 0.3) is 0 Å². The van der Waals surface area contributed by atoms with Crippen molar-refractivity contribution < 1.29 is 9.90 Å². The van der Waals surface area contributed by atoms with Crippen molar-refractivity contribution in [1.82, 2.24) is 5.32 Å². The maximum Gasteiger partial charge on any atom is 0.246 e. The van der Waals surface area contributed by atoms with Crippen molar-refractivity contribution in [3.05, 3.63) is 11.6 Å². The Morgan fingerprint density at radius 3 is 2.69 bits per heavy atom. The Bertz CT molecular complexity index is 276. The molecule has 0 spiro atoms. The maximum atomic E-state index is 11.2. The first-order valence-corrected chi connectivity index (χ1v) is 6.08. The molecule has 0 saturated heterocycles. The van der Waals surface area contributed by atoms with Crippen molar-refractivity contribution >= 4 is 5.91 Å². The molecular formula is C12H22N2O2. The average Bonchev–Trinajstić information content (AvgIpc) is 2.54. The van der Waals surface area contributed by atoms with Crippen LogP contribution in [0.25, 0.3) is 0 Å². The fourth-order valence-corrected chi connectivity index (χ4v) is 1.98. The summed E-state index contributed by atoms with van der Waals surface area (Å²) >= 11 is 0. The van der Waals surface area contributed by atoms with Crippen molar-refractivity contribution in [2.75, 3.05) is 6.54 Å². The molecule has 4 N–H and O–H groups in total. The Labute approximate surface area is 96.9 Å². The van der Waals surface area contributed by atoms with Gasteiger partial charge in [0.2, 0.25) is 5.91 Å². The summed E-state index contributed by atoms with van der Waals surface area (Å²) in [6.45, 7) is 2.22. The number of rotatable bonds is 7. The van der Waals surface area contributed by atoms with Gasteiger partial charge in [-0.25, -0.2) is 0 Å². The van der Waals surface area contributed by atoms with Gasteiger partial charge in [-0.2, -0.15) is 0 Å². The first-order valence-electron chi connectivity index (χ1n) is 6.08. The van der Waals surface area contributed by atoms with E-state index in [1.165, 1.54) is 25.3 Å². The molecule has 0 aromatic rings. The number of hydrogen-bond acceptors (Lipinski definition) is 3. The summed E-state index contributed by atoms with van der Waals surface area (Å²) in [5, 5.41) is 12.5. The lowest BCUT2D eigenvalue weighted by Crippen LogP contribution is -2.50. The number of hydrogen-bond donors (Lipinski definition) is 3. The monoisotopic (exact) mass is 226 g/mol. The van der Waals surface area contributed by atoms with E-state index in [9.17, 15) is 9.90 Å². The number of nitrogens with one attached hydrogen (secondary N) is 1. The third-order valence-corrected chi connectivity index (χ3v) is 3.01.